The van der Waals surface area contributed by atoms with Crippen LogP contribution in [-0.4, -0.2) is 16.8 Å². The van der Waals surface area contributed by atoms with Gasteiger partial charge in [-0.25, -0.2) is 0 Å². The first kappa shape index (κ1) is 11.5. The summed E-state index contributed by atoms with van der Waals surface area (Å²) < 4.78 is 0. The molecule has 0 N–H and O–H groups in total. The molecule has 1 aliphatic rings. The smallest absolute Gasteiger partial charge is 0.228 e. The van der Waals surface area contributed by atoms with Gasteiger partial charge in [-0.3, -0.25) is 4.79 Å². The second kappa shape index (κ2) is 4.10. The minimum Gasteiger partial charge on any atom is -0.332 e. The Balaban J connectivity index is 2.26. The maximum atomic E-state index is 11.8. The fraction of sp³-hybridized carbons (Fsp3) is 0.462. The van der Waals surface area contributed by atoms with Crippen LogP contribution < -0.4 is 0 Å². The topological polar surface area (TPSA) is 20.3 Å². The zero-order chi connectivity index (χ0) is 11.9. The van der Waals surface area contributed by atoms with Crippen molar-refractivity contribution in [1.82, 2.24) is 4.90 Å². The molecule has 0 radical (unpaired) electrons. The van der Waals surface area contributed by atoms with E-state index in [1.807, 2.05) is 49.9 Å². The number of hydrogen-bond donors (Lipinski definition) is 0. The Kier molecular flexibility index (Phi) is 2.94. The van der Waals surface area contributed by atoms with Crippen LogP contribution in [0.3, 0.4) is 0 Å². The van der Waals surface area contributed by atoms with Crippen LogP contribution in [0, 0.1) is 5.92 Å². The van der Waals surface area contributed by atoms with E-state index in [0.717, 1.165) is 5.02 Å². The van der Waals surface area contributed by atoms with Gasteiger partial charge >= 0.3 is 0 Å². The minimum absolute atomic E-state index is 0.0866. The normalized spacial score (nSPS) is 24.8. The summed E-state index contributed by atoms with van der Waals surface area (Å²) in [4.78, 5) is 13.7. The number of carbonyl (C=O) groups excluding carboxylic acids is 1. The predicted molar refractivity (Wildman–Crippen MR) is 65.3 cm³/mol. The van der Waals surface area contributed by atoms with Gasteiger partial charge in [-0.2, -0.15) is 0 Å². The fourth-order valence-electron chi connectivity index (χ4n) is 2.35. The van der Waals surface area contributed by atoms with Crippen LogP contribution in [0.25, 0.3) is 0 Å². The number of amides is 1. The van der Waals surface area contributed by atoms with E-state index in [1.54, 1.807) is 0 Å². The van der Waals surface area contributed by atoms with Crippen molar-refractivity contribution in [3.8, 4) is 0 Å². The number of nitrogens with zero attached hydrogens (tertiary/aromatic N) is 1. The van der Waals surface area contributed by atoms with Crippen molar-refractivity contribution in [3.05, 3.63) is 34.9 Å². The predicted octanol–water partition coefficient (Wildman–Crippen LogP) is 3.27. The van der Waals surface area contributed by atoms with Crippen LogP contribution in [0.1, 0.15) is 32.4 Å². The summed E-state index contributed by atoms with van der Waals surface area (Å²) in [6, 6.07) is 8.24. The molecular formula is C13H16ClNO. The third kappa shape index (κ3) is 1.71. The molecule has 3 heteroatoms. The number of halogens is 1. The Morgan fingerprint density at radius 3 is 2.31 bits per heavy atom. The number of carbonyl (C=O) groups is 1. The van der Waals surface area contributed by atoms with Crippen LogP contribution in [0.5, 0.6) is 0 Å². The van der Waals surface area contributed by atoms with E-state index in [1.165, 1.54) is 5.56 Å². The summed E-state index contributed by atoms with van der Waals surface area (Å²) in [5, 5.41) is 0.734. The lowest BCUT2D eigenvalue weighted by molar-refractivity contribution is -0.158. The summed E-state index contributed by atoms with van der Waals surface area (Å²) >= 11 is 5.86. The molecule has 2 nitrogen and oxygen atoms in total. The quantitative estimate of drug-likeness (QED) is 0.723. The Hall–Kier alpha value is -1.02. The van der Waals surface area contributed by atoms with E-state index in [-0.39, 0.29) is 23.9 Å². The van der Waals surface area contributed by atoms with E-state index >= 15 is 0 Å². The maximum Gasteiger partial charge on any atom is 0.228 e. The van der Waals surface area contributed by atoms with Gasteiger partial charge in [0.15, 0.2) is 0 Å². The molecule has 1 amide bonds. The second-order valence-corrected chi connectivity index (χ2v) is 5.06. The molecule has 0 aromatic heterocycles. The molecule has 1 aliphatic heterocycles. The van der Waals surface area contributed by atoms with Gasteiger partial charge < -0.3 is 4.90 Å². The lowest BCUT2D eigenvalue weighted by Crippen LogP contribution is -2.56. The van der Waals surface area contributed by atoms with Crippen molar-refractivity contribution in [2.45, 2.75) is 32.9 Å². The first-order valence-corrected chi connectivity index (χ1v) is 5.98. The lowest BCUT2D eigenvalue weighted by Gasteiger charge is -2.48. The number of hydrogen-bond acceptors (Lipinski definition) is 1. The average Bonchev–Trinajstić information content (AvgIpc) is 2.25. The van der Waals surface area contributed by atoms with Crippen molar-refractivity contribution in [1.29, 1.82) is 0 Å². The van der Waals surface area contributed by atoms with Crippen LogP contribution in [0.15, 0.2) is 24.3 Å². The lowest BCUT2D eigenvalue weighted by atomic mass is 9.82. The monoisotopic (exact) mass is 237 g/mol. The van der Waals surface area contributed by atoms with Crippen molar-refractivity contribution < 1.29 is 4.79 Å². The second-order valence-electron chi connectivity index (χ2n) is 4.62. The van der Waals surface area contributed by atoms with Gasteiger partial charge in [0.05, 0.1) is 12.0 Å². The van der Waals surface area contributed by atoms with Gasteiger partial charge in [-0.1, -0.05) is 30.7 Å². The molecule has 2 rings (SSSR count). The molecular weight excluding hydrogens is 222 g/mol. The van der Waals surface area contributed by atoms with E-state index in [2.05, 4.69) is 0 Å². The summed E-state index contributed by atoms with van der Waals surface area (Å²) in [5.74, 6) is 0.332. The molecule has 0 unspecified atom stereocenters. The van der Waals surface area contributed by atoms with Crippen molar-refractivity contribution in [3.63, 3.8) is 0 Å². The van der Waals surface area contributed by atoms with Crippen LogP contribution >= 0.6 is 11.6 Å². The molecule has 0 saturated carbocycles. The average molecular weight is 238 g/mol. The van der Waals surface area contributed by atoms with Gasteiger partial charge in [0.1, 0.15) is 0 Å². The van der Waals surface area contributed by atoms with E-state index in [9.17, 15) is 4.79 Å². The summed E-state index contributed by atoms with van der Waals surface area (Å²) in [6.45, 7) is 6.08. The third-order valence-corrected chi connectivity index (χ3v) is 3.44. The third-order valence-electron chi connectivity index (χ3n) is 3.19. The largest absolute Gasteiger partial charge is 0.332 e. The number of benzene rings is 1. The van der Waals surface area contributed by atoms with Gasteiger partial charge in [0, 0.05) is 11.1 Å². The Bertz CT molecular complexity index is 399. The highest BCUT2D eigenvalue weighted by atomic mass is 35.5. The fourth-order valence-corrected chi connectivity index (χ4v) is 2.48. The van der Waals surface area contributed by atoms with Gasteiger partial charge in [0.25, 0.3) is 0 Å². The van der Waals surface area contributed by atoms with Crippen molar-refractivity contribution in [2.75, 3.05) is 0 Å². The molecule has 2 atom stereocenters. The van der Waals surface area contributed by atoms with Crippen molar-refractivity contribution >= 4 is 17.5 Å². The van der Waals surface area contributed by atoms with E-state index < -0.39 is 0 Å². The molecule has 0 spiro atoms. The highest BCUT2D eigenvalue weighted by molar-refractivity contribution is 6.30. The summed E-state index contributed by atoms with van der Waals surface area (Å²) in [6.07, 6.45) is 0. The Morgan fingerprint density at radius 1 is 1.25 bits per heavy atom. The van der Waals surface area contributed by atoms with Gasteiger partial charge in [-0.05, 0) is 31.5 Å². The van der Waals surface area contributed by atoms with Crippen molar-refractivity contribution in [2.24, 2.45) is 5.92 Å². The van der Waals surface area contributed by atoms with E-state index in [0.29, 0.717) is 0 Å². The van der Waals surface area contributed by atoms with Crippen LogP contribution in [0.4, 0.5) is 0 Å². The zero-order valence-electron chi connectivity index (χ0n) is 9.77. The first-order valence-electron chi connectivity index (χ1n) is 5.60. The van der Waals surface area contributed by atoms with Crippen LogP contribution in [-0.2, 0) is 4.79 Å². The Morgan fingerprint density at radius 2 is 1.81 bits per heavy atom. The molecule has 1 fully saturated rings. The molecule has 86 valence electrons. The molecule has 1 heterocycles. The molecule has 0 aliphatic carbocycles. The van der Waals surface area contributed by atoms with Crippen LogP contribution in [0.2, 0.25) is 5.02 Å². The minimum atomic E-state index is 0.0866. The standard InChI is InChI=1S/C13H16ClNO/c1-8(2)15-12(9(3)13(15)16)10-4-6-11(14)7-5-10/h4-9,12H,1-3H3/t9-,12+/m1/s1. The summed E-state index contributed by atoms with van der Waals surface area (Å²) in [7, 11) is 0. The van der Waals surface area contributed by atoms with Gasteiger partial charge in [0.2, 0.25) is 5.91 Å². The molecule has 1 aromatic rings. The molecule has 0 bridgehead atoms. The maximum absolute atomic E-state index is 11.8. The molecule has 16 heavy (non-hydrogen) atoms. The van der Waals surface area contributed by atoms with E-state index in [4.69, 9.17) is 11.6 Å². The highest BCUT2D eigenvalue weighted by Crippen LogP contribution is 2.41. The Labute approximate surface area is 101 Å². The SMILES string of the molecule is CC(C)N1C(=O)[C@H](C)[C@H]1c1ccc(Cl)cc1. The number of rotatable bonds is 2. The highest BCUT2D eigenvalue weighted by Gasteiger charge is 2.45. The first-order chi connectivity index (χ1) is 7.52. The summed E-state index contributed by atoms with van der Waals surface area (Å²) in [5.41, 5.74) is 1.17. The zero-order valence-corrected chi connectivity index (χ0v) is 10.5. The molecule has 1 saturated heterocycles. The van der Waals surface area contributed by atoms with Gasteiger partial charge in [-0.15, -0.1) is 0 Å². The number of likely N-dealkylation sites (tertiary alicyclic amines) is 1. The number of β-lactam (4-membered cyclic amide) rings is 1. The molecule has 1 aromatic carbocycles.